The molecule has 0 spiro atoms. The number of hydrogen-bond donors (Lipinski definition) is 1. The highest BCUT2D eigenvalue weighted by molar-refractivity contribution is 5.26. The van der Waals surface area contributed by atoms with Crippen molar-refractivity contribution < 1.29 is 9.84 Å². The van der Waals surface area contributed by atoms with Gasteiger partial charge in [0.15, 0.2) is 0 Å². The van der Waals surface area contributed by atoms with Crippen LogP contribution in [-0.4, -0.2) is 84.3 Å². The number of likely N-dealkylation sites (N-methyl/N-ethyl adjacent to an activating group) is 1. The maximum atomic E-state index is 11.9. The molecule has 0 radical (unpaired) electrons. The van der Waals surface area contributed by atoms with Crippen molar-refractivity contribution >= 4 is 0 Å². The molecule has 4 rings (SSSR count). The minimum atomic E-state index is -0.814. The quantitative estimate of drug-likeness (QED) is 0.832. The van der Waals surface area contributed by atoms with Gasteiger partial charge in [-0.05, 0) is 24.6 Å². The Morgan fingerprint density at radius 1 is 1.07 bits per heavy atom. The van der Waals surface area contributed by atoms with Crippen molar-refractivity contribution in [2.75, 3.05) is 53.4 Å². The smallest absolute Gasteiger partial charge is 0.212 e. The van der Waals surface area contributed by atoms with Crippen LogP contribution in [0.5, 0.6) is 5.88 Å². The molecule has 0 aliphatic carbocycles. The van der Waals surface area contributed by atoms with Crippen molar-refractivity contribution in [2.45, 2.75) is 24.6 Å². The minimum Gasteiger partial charge on any atom is -0.481 e. The highest BCUT2D eigenvalue weighted by atomic mass is 16.5. The van der Waals surface area contributed by atoms with E-state index in [0.29, 0.717) is 5.88 Å². The SMILES string of the molecule is COc1ccc(CN2CC[C@](O)(c3ccccc3)[C@H](N3CCN(C)CC3)C2)cn1. The molecule has 0 saturated carbocycles. The third-order valence-electron chi connectivity index (χ3n) is 6.46. The summed E-state index contributed by atoms with van der Waals surface area (Å²) in [5.41, 5.74) is 1.40. The number of piperazine rings is 1. The van der Waals surface area contributed by atoms with Gasteiger partial charge in [0, 0.05) is 58.1 Å². The van der Waals surface area contributed by atoms with E-state index in [2.05, 4.69) is 44.9 Å². The van der Waals surface area contributed by atoms with E-state index < -0.39 is 5.60 Å². The zero-order valence-corrected chi connectivity index (χ0v) is 17.5. The average molecular weight is 397 g/mol. The van der Waals surface area contributed by atoms with Crippen LogP contribution in [0.1, 0.15) is 17.5 Å². The van der Waals surface area contributed by atoms with Crippen LogP contribution in [0.3, 0.4) is 0 Å². The number of methoxy groups -OCH3 is 1. The summed E-state index contributed by atoms with van der Waals surface area (Å²) in [6.07, 6.45) is 2.62. The molecule has 0 bridgehead atoms. The van der Waals surface area contributed by atoms with E-state index in [4.69, 9.17) is 4.74 Å². The summed E-state index contributed by atoms with van der Waals surface area (Å²) in [6, 6.07) is 14.3. The molecule has 2 aliphatic heterocycles. The Kier molecular flexibility index (Phi) is 6.15. The molecular weight excluding hydrogens is 364 g/mol. The van der Waals surface area contributed by atoms with Gasteiger partial charge in [-0.1, -0.05) is 36.4 Å². The number of benzene rings is 1. The minimum absolute atomic E-state index is 0.0820. The molecule has 2 saturated heterocycles. The summed E-state index contributed by atoms with van der Waals surface area (Å²) in [4.78, 5) is 11.6. The van der Waals surface area contributed by atoms with Gasteiger partial charge >= 0.3 is 0 Å². The van der Waals surface area contributed by atoms with E-state index in [9.17, 15) is 5.11 Å². The summed E-state index contributed by atoms with van der Waals surface area (Å²) < 4.78 is 5.17. The molecule has 2 atom stereocenters. The number of likely N-dealkylation sites (tertiary alicyclic amines) is 1. The number of nitrogens with zero attached hydrogens (tertiary/aromatic N) is 4. The van der Waals surface area contributed by atoms with Crippen LogP contribution in [0.2, 0.25) is 0 Å². The van der Waals surface area contributed by atoms with Crippen LogP contribution < -0.4 is 4.74 Å². The lowest BCUT2D eigenvalue weighted by atomic mass is 9.79. The van der Waals surface area contributed by atoms with E-state index in [1.165, 1.54) is 5.56 Å². The fourth-order valence-electron chi connectivity index (χ4n) is 4.62. The second-order valence-electron chi connectivity index (χ2n) is 8.34. The van der Waals surface area contributed by atoms with Gasteiger partial charge in [-0.15, -0.1) is 0 Å². The molecule has 6 nitrogen and oxygen atoms in total. The first kappa shape index (κ1) is 20.3. The summed E-state index contributed by atoms with van der Waals surface area (Å²) in [5, 5.41) is 11.9. The Morgan fingerprint density at radius 3 is 2.48 bits per heavy atom. The van der Waals surface area contributed by atoms with E-state index in [1.807, 2.05) is 30.5 Å². The van der Waals surface area contributed by atoms with E-state index in [-0.39, 0.29) is 6.04 Å². The summed E-state index contributed by atoms with van der Waals surface area (Å²) in [7, 11) is 3.81. The molecule has 156 valence electrons. The van der Waals surface area contributed by atoms with Gasteiger partial charge in [-0.2, -0.15) is 0 Å². The van der Waals surface area contributed by atoms with Crippen molar-refractivity contribution in [3.05, 3.63) is 59.8 Å². The molecule has 1 aromatic carbocycles. The number of pyridine rings is 1. The van der Waals surface area contributed by atoms with Gasteiger partial charge in [0.05, 0.1) is 13.2 Å². The first-order valence-corrected chi connectivity index (χ1v) is 10.5. The molecule has 0 unspecified atom stereocenters. The second-order valence-corrected chi connectivity index (χ2v) is 8.34. The van der Waals surface area contributed by atoms with Gasteiger partial charge < -0.3 is 14.7 Å². The molecule has 29 heavy (non-hydrogen) atoms. The predicted octanol–water partition coefficient (Wildman–Crippen LogP) is 1.80. The van der Waals surface area contributed by atoms with Crippen LogP contribution in [0.15, 0.2) is 48.7 Å². The van der Waals surface area contributed by atoms with Crippen molar-refractivity contribution in [1.29, 1.82) is 0 Å². The van der Waals surface area contributed by atoms with Crippen LogP contribution in [0.4, 0.5) is 0 Å². The van der Waals surface area contributed by atoms with Crippen molar-refractivity contribution in [3.8, 4) is 5.88 Å². The van der Waals surface area contributed by atoms with Gasteiger partial charge in [-0.3, -0.25) is 9.80 Å². The van der Waals surface area contributed by atoms with Crippen LogP contribution in [-0.2, 0) is 12.1 Å². The third kappa shape index (κ3) is 4.46. The number of piperidine rings is 1. The summed E-state index contributed by atoms with van der Waals surface area (Å²) in [5.74, 6) is 0.640. The molecule has 2 fully saturated rings. The molecule has 2 aliphatic rings. The molecule has 1 N–H and O–H groups in total. The summed E-state index contributed by atoms with van der Waals surface area (Å²) in [6.45, 7) is 6.63. The van der Waals surface area contributed by atoms with Crippen LogP contribution in [0, 0.1) is 0 Å². The maximum absolute atomic E-state index is 11.9. The van der Waals surface area contributed by atoms with E-state index in [1.54, 1.807) is 7.11 Å². The predicted molar refractivity (Wildman–Crippen MR) is 114 cm³/mol. The molecule has 1 aromatic heterocycles. The highest BCUT2D eigenvalue weighted by Crippen LogP contribution is 2.36. The van der Waals surface area contributed by atoms with Crippen LogP contribution >= 0.6 is 0 Å². The standard InChI is InChI=1S/C23H32N4O2/c1-25-12-14-27(15-13-25)21-18-26(17-19-8-9-22(29-2)24-16-19)11-10-23(21,28)20-6-4-3-5-7-20/h3-9,16,21,28H,10-15,17-18H2,1-2H3/t21-,23+/m1/s1. The number of hydrogen-bond acceptors (Lipinski definition) is 6. The second kappa shape index (κ2) is 8.79. The zero-order chi connectivity index (χ0) is 20.3. The Balaban J connectivity index is 1.54. The molecule has 0 amide bonds. The fraction of sp³-hybridized carbons (Fsp3) is 0.522. The Bertz CT molecular complexity index is 777. The lowest BCUT2D eigenvalue weighted by Gasteiger charge is -2.51. The Morgan fingerprint density at radius 2 is 1.83 bits per heavy atom. The first-order chi connectivity index (χ1) is 14.1. The lowest BCUT2D eigenvalue weighted by molar-refractivity contribution is -0.108. The molecule has 6 heteroatoms. The molecule has 2 aromatic rings. The first-order valence-electron chi connectivity index (χ1n) is 10.5. The van der Waals surface area contributed by atoms with Gasteiger partial charge in [0.25, 0.3) is 0 Å². The average Bonchev–Trinajstić information content (AvgIpc) is 2.77. The normalized spacial score (nSPS) is 27.1. The Labute approximate surface area is 173 Å². The van der Waals surface area contributed by atoms with Gasteiger partial charge in [-0.25, -0.2) is 4.98 Å². The van der Waals surface area contributed by atoms with Gasteiger partial charge in [0.2, 0.25) is 5.88 Å². The van der Waals surface area contributed by atoms with Crippen molar-refractivity contribution in [1.82, 2.24) is 19.7 Å². The Hall–Kier alpha value is -1.99. The number of aromatic nitrogens is 1. The van der Waals surface area contributed by atoms with Crippen molar-refractivity contribution in [2.24, 2.45) is 0 Å². The van der Waals surface area contributed by atoms with E-state index in [0.717, 1.165) is 57.8 Å². The highest BCUT2D eigenvalue weighted by Gasteiger charge is 2.46. The van der Waals surface area contributed by atoms with E-state index >= 15 is 0 Å². The largest absolute Gasteiger partial charge is 0.481 e. The monoisotopic (exact) mass is 396 g/mol. The van der Waals surface area contributed by atoms with Crippen LogP contribution in [0.25, 0.3) is 0 Å². The topological polar surface area (TPSA) is 52.1 Å². The number of aliphatic hydroxyl groups is 1. The van der Waals surface area contributed by atoms with Gasteiger partial charge in [0.1, 0.15) is 5.60 Å². The number of ether oxygens (including phenoxy) is 1. The summed E-state index contributed by atoms with van der Waals surface area (Å²) >= 11 is 0. The lowest BCUT2D eigenvalue weighted by Crippen LogP contribution is -2.63. The third-order valence-corrected chi connectivity index (χ3v) is 6.46. The molecule has 3 heterocycles. The van der Waals surface area contributed by atoms with Crippen molar-refractivity contribution in [3.63, 3.8) is 0 Å². The fourth-order valence-corrected chi connectivity index (χ4v) is 4.62. The molecular formula is C23H32N4O2. The zero-order valence-electron chi connectivity index (χ0n) is 17.5. The number of rotatable bonds is 5. The maximum Gasteiger partial charge on any atom is 0.212 e.